The first-order valence-corrected chi connectivity index (χ1v) is 9.14. The summed E-state index contributed by atoms with van der Waals surface area (Å²) in [6.45, 7) is 1.33. The Balaban J connectivity index is 1.47. The summed E-state index contributed by atoms with van der Waals surface area (Å²) in [4.78, 5) is 35.6. The Labute approximate surface area is 171 Å². The number of fused-ring (bicyclic) bond motifs is 1. The fourth-order valence-electron chi connectivity index (χ4n) is 2.95. The van der Waals surface area contributed by atoms with Gasteiger partial charge in [0.05, 0.1) is 5.69 Å². The highest BCUT2D eigenvalue weighted by atomic mass is 16.7. The molecule has 1 aliphatic rings. The summed E-state index contributed by atoms with van der Waals surface area (Å²) in [5.74, 6) is 0.669. The number of rotatable bonds is 5. The quantitative estimate of drug-likeness (QED) is 0.672. The molecule has 30 heavy (non-hydrogen) atoms. The van der Waals surface area contributed by atoms with Crippen molar-refractivity contribution in [2.24, 2.45) is 0 Å². The predicted octanol–water partition coefficient (Wildman–Crippen LogP) is 2.24. The molecule has 1 aliphatic heterocycles. The standard InChI is InChI=1S/C21H18N4O5/c1-13(26)22-15-3-5-16(6-4-15)23-20(27)11-25-21(28)9-7-17(24-25)14-2-8-18-19(10-14)30-12-29-18/h2-10H,11-12H2,1H3,(H,22,26)(H,23,27). The lowest BCUT2D eigenvalue weighted by molar-refractivity contribution is -0.117. The molecule has 3 aromatic rings. The first-order valence-electron chi connectivity index (χ1n) is 9.14. The number of amides is 2. The van der Waals surface area contributed by atoms with E-state index in [0.717, 1.165) is 10.2 Å². The van der Waals surface area contributed by atoms with Crippen LogP contribution in [0.2, 0.25) is 0 Å². The fraction of sp³-hybridized carbons (Fsp3) is 0.143. The molecule has 1 aromatic heterocycles. The van der Waals surface area contributed by atoms with Crippen molar-refractivity contribution in [3.63, 3.8) is 0 Å². The van der Waals surface area contributed by atoms with Crippen LogP contribution in [0, 0.1) is 0 Å². The van der Waals surface area contributed by atoms with Gasteiger partial charge in [0.2, 0.25) is 18.6 Å². The lowest BCUT2D eigenvalue weighted by Crippen LogP contribution is -2.29. The van der Waals surface area contributed by atoms with Crippen molar-refractivity contribution in [1.82, 2.24) is 9.78 Å². The van der Waals surface area contributed by atoms with E-state index in [-0.39, 0.29) is 19.2 Å². The number of hydrogen-bond acceptors (Lipinski definition) is 6. The molecule has 0 atom stereocenters. The molecule has 2 heterocycles. The molecule has 2 aromatic carbocycles. The van der Waals surface area contributed by atoms with Gasteiger partial charge in [-0.3, -0.25) is 14.4 Å². The van der Waals surface area contributed by atoms with Crippen LogP contribution in [0.3, 0.4) is 0 Å². The third kappa shape index (κ3) is 4.30. The van der Waals surface area contributed by atoms with Gasteiger partial charge in [0.25, 0.3) is 5.56 Å². The number of carbonyl (C=O) groups is 2. The summed E-state index contributed by atoms with van der Waals surface area (Å²) in [6, 6.07) is 15.0. The second-order valence-corrected chi connectivity index (χ2v) is 6.59. The molecule has 9 nitrogen and oxygen atoms in total. The molecule has 0 spiro atoms. The van der Waals surface area contributed by atoms with E-state index in [1.807, 2.05) is 0 Å². The average Bonchev–Trinajstić information content (AvgIpc) is 3.18. The Bertz CT molecular complexity index is 1170. The highest BCUT2D eigenvalue weighted by Crippen LogP contribution is 2.35. The van der Waals surface area contributed by atoms with Gasteiger partial charge in [-0.25, -0.2) is 4.68 Å². The molecule has 9 heteroatoms. The fourth-order valence-corrected chi connectivity index (χ4v) is 2.95. The number of anilines is 2. The third-order valence-corrected chi connectivity index (χ3v) is 4.32. The van der Waals surface area contributed by atoms with E-state index in [0.29, 0.717) is 28.6 Å². The topological polar surface area (TPSA) is 112 Å². The maximum atomic E-state index is 12.4. The van der Waals surface area contributed by atoms with Crippen LogP contribution in [0.1, 0.15) is 6.92 Å². The van der Waals surface area contributed by atoms with Crippen LogP contribution in [0.25, 0.3) is 11.3 Å². The van der Waals surface area contributed by atoms with Crippen LogP contribution < -0.4 is 25.7 Å². The summed E-state index contributed by atoms with van der Waals surface area (Å²) < 4.78 is 11.8. The lowest BCUT2D eigenvalue weighted by Gasteiger charge is -2.09. The van der Waals surface area contributed by atoms with Gasteiger partial charge >= 0.3 is 0 Å². The first kappa shape index (κ1) is 19.2. The van der Waals surface area contributed by atoms with Crippen LogP contribution in [-0.2, 0) is 16.1 Å². The molecule has 2 amide bonds. The van der Waals surface area contributed by atoms with Crippen molar-refractivity contribution in [3.05, 3.63) is 65.0 Å². The van der Waals surface area contributed by atoms with Crippen molar-refractivity contribution in [3.8, 4) is 22.8 Å². The van der Waals surface area contributed by atoms with Crippen LogP contribution >= 0.6 is 0 Å². The highest BCUT2D eigenvalue weighted by Gasteiger charge is 2.15. The summed E-state index contributed by atoms with van der Waals surface area (Å²) in [5.41, 5.74) is 2.03. The number of aromatic nitrogens is 2. The van der Waals surface area contributed by atoms with Gasteiger partial charge in [-0.1, -0.05) is 0 Å². The van der Waals surface area contributed by atoms with Crippen molar-refractivity contribution in [1.29, 1.82) is 0 Å². The van der Waals surface area contributed by atoms with Gasteiger partial charge in [-0.05, 0) is 48.5 Å². The number of carbonyl (C=O) groups excluding carboxylic acids is 2. The molecule has 2 N–H and O–H groups in total. The number of nitrogens with zero attached hydrogens (tertiary/aromatic N) is 2. The Morgan fingerprint density at radius 2 is 1.67 bits per heavy atom. The zero-order chi connectivity index (χ0) is 21.1. The van der Waals surface area contributed by atoms with Crippen molar-refractivity contribution >= 4 is 23.2 Å². The van der Waals surface area contributed by atoms with E-state index in [4.69, 9.17) is 9.47 Å². The molecular weight excluding hydrogens is 388 g/mol. The zero-order valence-electron chi connectivity index (χ0n) is 16.0. The molecule has 0 radical (unpaired) electrons. The van der Waals surface area contributed by atoms with E-state index >= 15 is 0 Å². The zero-order valence-corrected chi connectivity index (χ0v) is 16.0. The molecule has 152 valence electrons. The summed E-state index contributed by atoms with van der Waals surface area (Å²) in [7, 11) is 0. The van der Waals surface area contributed by atoms with E-state index in [1.54, 1.807) is 48.5 Å². The van der Waals surface area contributed by atoms with Gasteiger partial charge in [-0.2, -0.15) is 5.10 Å². The summed E-state index contributed by atoms with van der Waals surface area (Å²) in [6.07, 6.45) is 0. The molecule has 0 aliphatic carbocycles. The van der Waals surface area contributed by atoms with Gasteiger partial charge in [-0.15, -0.1) is 0 Å². The van der Waals surface area contributed by atoms with Crippen molar-refractivity contribution < 1.29 is 19.1 Å². The predicted molar refractivity (Wildman–Crippen MR) is 109 cm³/mol. The molecule has 0 bridgehead atoms. The largest absolute Gasteiger partial charge is 0.454 e. The minimum Gasteiger partial charge on any atom is -0.454 e. The van der Waals surface area contributed by atoms with Crippen LogP contribution in [0.15, 0.2) is 59.4 Å². The van der Waals surface area contributed by atoms with Crippen LogP contribution in [0.4, 0.5) is 11.4 Å². The highest BCUT2D eigenvalue weighted by molar-refractivity contribution is 5.92. The molecule has 0 saturated carbocycles. The van der Waals surface area contributed by atoms with Crippen LogP contribution in [-0.4, -0.2) is 28.4 Å². The van der Waals surface area contributed by atoms with E-state index in [1.165, 1.54) is 13.0 Å². The second-order valence-electron chi connectivity index (χ2n) is 6.59. The minimum absolute atomic E-state index is 0.164. The van der Waals surface area contributed by atoms with Crippen LogP contribution in [0.5, 0.6) is 11.5 Å². The first-order chi connectivity index (χ1) is 14.5. The maximum Gasteiger partial charge on any atom is 0.267 e. The number of hydrogen-bond donors (Lipinski definition) is 2. The summed E-state index contributed by atoms with van der Waals surface area (Å²) in [5, 5.41) is 9.65. The van der Waals surface area contributed by atoms with Gasteiger partial charge in [0.15, 0.2) is 11.5 Å². The van der Waals surface area contributed by atoms with Gasteiger partial charge in [0.1, 0.15) is 6.54 Å². The van der Waals surface area contributed by atoms with Gasteiger partial charge < -0.3 is 20.1 Å². The molecule has 0 unspecified atom stereocenters. The lowest BCUT2D eigenvalue weighted by atomic mass is 10.1. The number of nitrogens with one attached hydrogen (secondary N) is 2. The molecular formula is C21H18N4O5. The monoisotopic (exact) mass is 406 g/mol. The van der Waals surface area contributed by atoms with Gasteiger partial charge in [0, 0.05) is 29.9 Å². The Morgan fingerprint density at radius 1 is 0.967 bits per heavy atom. The Kier molecular flexibility index (Phi) is 5.17. The number of ether oxygens (including phenoxy) is 2. The van der Waals surface area contributed by atoms with E-state index in [2.05, 4.69) is 15.7 Å². The maximum absolute atomic E-state index is 12.4. The Morgan fingerprint density at radius 3 is 2.40 bits per heavy atom. The molecule has 4 rings (SSSR count). The normalized spacial score (nSPS) is 11.8. The SMILES string of the molecule is CC(=O)Nc1ccc(NC(=O)Cn2nc(-c3ccc4c(c3)OCO4)ccc2=O)cc1. The molecule has 0 saturated heterocycles. The second kappa shape index (κ2) is 8.08. The molecule has 0 fully saturated rings. The Hall–Kier alpha value is -4.14. The number of benzene rings is 2. The smallest absolute Gasteiger partial charge is 0.267 e. The summed E-state index contributed by atoms with van der Waals surface area (Å²) >= 11 is 0. The van der Waals surface area contributed by atoms with Crippen molar-refractivity contribution in [2.45, 2.75) is 13.5 Å². The van der Waals surface area contributed by atoms with E-state index in [9.17, 15) is 14.4 Å². The average molecular weight is 406 g/mol. The third-order valence-electron chi connectivity index (χ3n) is 4.32. The van der Waals surface area contributed by atoms with E-state index < -0.39 is 11.5 Å². The van der Waals surface area contributed by atoms with Crippen molar-refractivity contribution in [2.75, 3.05) is 17.4 Å². The minimum atomic E-state index is -0.403.